The highest BCUT2D eigenvalue weighted by molar-refractivity contribution is 5.78. The van der Waals surface area contributed by atoms with Crippen LogP contribution in [0.3, 0.4) is 0 Å². The van der Waals surface area contributed by atoms with Crippen LogP contribution in [-0.4, -0.2) is 43.7 Å². The van der Waals surface area contributed by atoms with E-state index in [1.54, 1.807) is 50.4 Å². The summed E-state index contributed by atoms with van der Waals surface area (Å²) in [7, 11) is 4.89. The molecule has 0 aliphatic carbocycles. The molecule has 1 N–H and O–H groups in total. The number of amides is 1. The van der Waals surface area contributed by atoms with E-state index in [4.69, 9.17) is 9.47 Å². The molecule has 0 radical (unpaired) electrons. The van der Waals surface area contributed by atoms with Gasteiger partial charge in [0.25, 0.3) is 0 Å². The summed E-state index contributed by atoms with van der Waals surface area (Å²) < 4.78 is 10.2. The topological polar surface area (TPSA) is 59.0 Å². The molecule has 2 aromatic carbocycles. The van der Waals surface area contributed by atoms with Gasteiger partial charge in [-0.15, -0.1) is 0 Å². The van der Waals surface area contributed by atoms with E-state index in [1.165, 1.54) is 0 Å². The summed E-state index contributed by atoms with van der Waals surface area (Å²) in [5.41, 5.74) is 1.66. The second kappa shape index (κ2) is 8.36. The average molecular weight is 329 g/mol. The minimum atomic E-state index is -0.735. The molecule has 1 atom stereocenters. The fourth-order valence-corrected chi connectivity index (χ4v) is 2.35. The van der Waals surface area contributed by atoms with Crippen LogP contribution in [0.2, 0.25) is 0 Å². The monoisotopic (exact) mass is 329 g/mol. The van der Waals surface area contributed by atoms with Crippen molar-refractivity contribution >= 4 is 5.91 Å². The lowest BCUT2D eigenvalue weighted by Gasteiger charge is -2.21. The number of ether oxygens (including phenoxy) is 2. The smallest absolute Gasteiger partial charge is 0.226 e. The summed E-state index contributed by atoms with van der Waals surface area (Å²) >= 11 is 0. The molecule has 0 saturated heterocycles. The van der Waals surface area contributed by atoms with Crippen molar-refractivity contribution in [2.45, 2.75) is 12.5 Å². The zero-order valence-corrected chi connectivity index (χ0v) is 14.2. The number of carbonyl (C=O) groups excluding carboxylic acids is 1. The summed E-state index contributed by atoms with van der Waals surface area (Å²) in [5, 5.41) is 10.3. The van der Waals surface area contributed by atoms with Gasteiger partial charge >= 0.3 is 0 Å². The third-order valence-corrected chi connectivity index (χ3v) is 3.89. The molecule has 0 aromatic heterocycles. The van der Waals surface area contributed by atoms with Crippen LogP contribution in [0.5, 0.6) is 11.5 Å². The molecule has 0 heterocycles. The third kappa shape index (κ3) is 4.73. The Hall–Kier alpha value is -2.53. The van der Waals surface area contributed by atoms with Gasteiger partial charge in [-0.25, -0.2) is 0 Å². The van der Waals surface area contributed by atoms with Gasteiger partial charge in [-0.2, -0.15) is 0 Å². The molecule has 5 nitrogen and oxygen atoms in total. The lowest BCUT2D eigenvalue weighted by Crippen LogP contribution is -2.32. The molecule has 0 aliphatic heterocycles. The fourth-order valence-electron chi connectivity index (χ4n) is 2.35. The molecule has 2 aromatic rings. The van der Waals surface area contributed by atoms with Crippen molar-refractivity contribution in [3.05, 3.63) is 59.7 Å². The molecule has 0 spiro atoms. The van der Waals surface area contributed by atoms with E-state index in [9.17, 15) is 9.90 Å². The Morgan fingerprint density at radius 2 is 1.50 bits per heavy atom. The maximum atomic E-state index is 12.3. The highest BCUT2D eigenvalue weighted by atomic mass is 16.5. The van der Waals surface area contributed by atoms with Gasteiger partial charge in [0.15, 0.2) is 0 Å². The number of benzene rings is 2. The number of hydrogen-bond donors (Lipinski definition) is 1. The Kier molecular flexibility index (Phi) is 6.21. The van der Waals surface area contributed by atoms with Crippen LogP contribution in [0, 0.1) is 0 Å². The number of aliphatic hydroxyl groups excluding tert-OH is 1. The van der Waals surface area contributed by atoms with Gasteiger partial charge in [0, 0.05) is 7.05 Å². The van der Waals surface area contributed by atoms with Crippen LogP contribution in [0.1, 0.15) is 17.2 Å². The quantitative estimate of drug-likeness (QED) is 0.848. The predicted molar refractivity (Wildman–Crippen MR) is 92.3 cm³/mol. The van der Waals surface area contributed by atoms with Gasteiger partial charge in [0.05, 0.1) is 33.3 Å². The van der Waals surface area contributed by atoms with Gasteiger partial charge in [-0.3, -0.25) is 4.79 Å². The van der Waals surface area contributed by atoms with Crippen molar-refractivity contribution in [3.63, 3.8) is 0 Å². The van der Waals surface area contributed by atoms with Crippen molar-refractivity contribution in [1.82, 2.24) is 4.90 Å². The summed E-state index contributed by atoms with van der Waals surface area (Å²) in [5.74, 6) is 1.44. The molecule has 24 heavy (non-hydrogen) atoms. The number of aliphatic hydroxyl groups is 1. The van der Waals surface area contributed by atoms with Crippen molar-refractivity contribution in [2.24, 2.45) is 0 Å². The number of likely N-dealkylation sites (N-methyl/N-ethyl adjacent to an activating group) is 1. The van der Waals surface area contributed by atoms with E-state index in [-0.39, 0.29) is 18.9 Å². The van der Waals surface area contributed by atoms with E-state index in [1.807, 2.05) is 24.3 Å². The summed E-state index contributed by atoms with van der Waals surface area (Å²) in [4.78, 5) is 13.8. The fraction of sp³-hybridized carbons (Fsp3) is 0.316. The first kappa shape index (κ1) is 17.8. The van der Waals surface area contributed by atoms with Crippen molar-refractivity contribution in [3.8, 4) is 11.5 Å². The third-order valence-electron chi connectivity index (χ3n) is 3.89. The van der Waals surface area contributed by atoms with Crippen LogP contribution in [0.15, 0.2) is 48.5 Å². The van der Waals surface area contributed by atoms with Gasteiger partial charge in [-0.05, 0) is 35.4 Å². The van der Waals surface area contributed by atoms with E-state index >= 15 is 0 Å². The first-order valence-electron chi connectivity index (χ1n) is 7.72. The van der Waals surface area contributed by atoms with Crippen LogP contribution in [0.25, 0.3) is 0 Å². The molecule has 128 valence electrons. The first-order valence-corrected chi connectivity index (χ1v) is 7.72. The highest BCUT2D eigenvalue weighted by Gasteiger charge is 2.15. The largest absolute Gasteiger partial charge is 0.497 e. The normalized spacial score (nSPS) is 11.7. The molecular weight excluding hydrogens is 306 g/mol. The van der Waals surface area contributed by atoms with Gasteiger partial charge in [0.2, 0.25) is 5.91 Å². The second-order valence-electron chi connectivity index (χ2n) is 5.59. The van der Waals surface area contributed by atoms with Gasteiger partial charge in [0.1, 0.15) is 11.5 Å². The lowest BCUT2D eigenvalue weighted by atomic mass is 10.1. The van der Waals surface area contributed by atoms with E-state index in [0.29, 0.717) is 0 Å². The number of hydrogen-bond acceptors (Lipinski definition) is 4. The van der Waals surface area contributed by atoms with Crippen molar-refractivity contribution in [1.29, 1.82) is 0 Å². The predicted octanol–water partition coefficient (Wildman–Crippen LogP) is 2.44. The maximum Gasteiger partial charge on any atom is 0.226 e. The Morgan fingerprint density at radius 3 is 2.00 bits per heavy atom. The maximum absolute atomic E-state index is 12.3. The molecule has 0 aliphatic rings. The Balaban J connectivity index is 1.91. The molecule has 2 rings (SSSR count). The van der Waals surface area contributed by atoms with Crippen LogP contribution in [-0.2, 0) is 11.2 Å². The van der Waals surface area contributed by atoms with Crippen LogP contribution in [0.4, 0.5) is 0 Å². The van der Waals surface area contributed by atoms with Gasteiger partial charge < -0.3 is 19.5 Å². The van der Waals surface area contributed by atoms with E-state index in [0.717, 1.165) is 22.6 Å². The number of rotatable bonds is 7. The number of methoxy groups -OCH3 is 2. The SMILES string of the molecule is COc1ccc(CC(=O)N(C)CC(O)c2ccc(OC)cc2)cc1. The Labute approximate surface area is 142 Å². The summed E-state index contributed by atoms with van der Waals surface area (Å²) in [6.07, 6.45) is -0.448. The number of carbonyl (C=O) groups is 1. The molecule has 0 fully saturated rings. The zero-order valence-electron chi connectivity index (χ0n) is 14.2. The zero-order chi connectivity index (χ0) is 17.5. The van der Waals surface area contributed by atoms with Crippen LogP contribution < -0.4 is 9.47 Å². The molecule has 0 saturated carbocycles. The molecule has 1 unspecified atom stereocenters. The minimum Gasteiger partial charge on any atom is -0.497 e. The standard InChI is InChI=1S/C19H23NO4/c1-20(13-18(21)15-6-10-17(24-3)11-7-15)19(22)12-14-4-8-16(23-2)9-5-14/h4-11,18,21H,12-13H2,1-3H3. The second-order valence-corrected chi connectivity index (χ2v) is 5.59. The number of nitrogens with zero attached hydrogens (tertiary/aromatic N) is 1. The van der Waals surface area contributed by atoms with Gasteiger partial charge in [-0.1, -0.05) is 24.3 Å². The Bertz CT molecular complexity index is 652. The molecule has 1 amide bonds. The minimum absolute atomic E-state index is 0.0484. The summed E-state index contributed by atoms with van der Waals surface area (Å²) in [6.45, 7) is 0.237. The molecule has 0 bridgehead atoms. The van der Waals surface area contributed by atoms with E-state index in [2.05, 4.69) is 0 Å². The lowest BCUT2D eigenvalue weighted by molar-refractivity contribution is -0.130. The first-order chi connectivity index (χ1) is 11.5. The summed E-state index contributed by atoms with van der Waals surface area (Å²) in [6, 6.07) is 14.6. The van der Waals surface area contributed by atoms with Crippen molar-refractivity contribution < 1.29 is 19.4 Å². The van der Waals surface area contributed by atoms with E-state index < -0.39 is 6.10 Å². The highest BCUT2D eigenvalue weighted by Crippen LogP contribution is 2.19. The Morgan fingerprint density at radius 1 is 1.00 bits per heavy atom. The van der Waals surface area contributed by atoms with Crippen molar-refractivity contribution in [2.75, 3.05) is 27.8 Å². The molecular formula is C19H23NO4. The average Bonchev–Trinajstić information content (AvgIpc) is 2.62. The molecule has 5 heteroatoms. The van der Waals surface area contributed by atoms with Crippen LogP contribution >= 0.6 is 0 Å².